The highest BCUT2D eigenvalue weighted by atomic mass is 32.1. The van der Waals surface area contributed by atoms with E-state index in [4.69, 9.17) is 0 Å². The summed E-state index contributed by atoms with van der Waals surface area (Å²) in [5, 5.41) is 3.69. The number of thiophene rings is 1. The fourth-order valence-corrected chi connectivity index (χ4v) is 5.00. The van der Waals surface area contributed by atoms with Crippen LogP contribution >= 0.6 is 11.3 Å². The van der Waals surface area contributed by atoms with Crippen LogP contribution in [0.25, 0.3) is 21.3 Å². The van der Waals surface area contributed by atoms with Crippen LogP contribution in [0.5, 0.6) is 0 Å². The summed E-state index contributed by atoms with van der Waals surface area (Å²) < 4.78 is 1.43. The molecule has 5 nitrogen and oxygen atoms in total. The van der Waals surface area contributed by atoms with Gasteiger partial charge in [-0.05, 0) is 32.3 Å². The van der Waals surface area contributed by atoms with Crippen molar-refractivity contribution in [3.63, 3.8) is 0 Å². The van der Waals surface area contributed by atoms with Crippen molar-refractivity contribution in [2.45, 2.75) is 58.5 Å². The van der Waals surface area contributed by atoms with E-state index >= 15 is 0 Å². The van der Waals surface area contributed by atoms with E-state index in [-0.39, 0.29) is 24.1 Å². The van der Waals surface area contributed by atoms with Crippen molar-refractivity contribution in [2.24, 2.45) is 0 Å². The molecule has 1 aliphatic rings. The van der Waals surface area contributed by atoms with Crippen LogP contribution in [0.15, 0.2) is 35.4 Å². The Labute approximate surface area is 168 Å². The van der Waals surface area contributed by atoms with Gasteiger partial charge < -0.3 is 5.32 Å². The van der Waals surface area contributed by atoms with E-state index in [1.165, 1.54) is 34.2 Å². The van der Waals surface area contributed by atoms with Crippen molar-refractivity contribution in [2.75, 3.05) is 0 Å². The molecule has 1 amide bonds. The van der Waals surface area contributed by atoms with Gasteiger partial charge in [0.1, 0.15) is 11.4 Å². The molecule has 1 aromatic carbocycles. The second-order valence-corrected chi connectivity index (χ2v) is 8.86. The van der Waals surface area contributed by atoms with Gasteiger partial charge in [0.25, 0.3) is 5.56 Å². The molecular formula is C22H25N3O2S. The third kappa shape index (κ3) is 3.74. The van der Waals surface area contributed by atoms with Crippen LogP contribution in [0, 0.1) is 13.8 Å². The first-order valence-electron chi connectivity index (χ1n) is 9.88. The van der Waals surface area contributed by atoms with Crippen LogP contribution < -0.4 is 10.9 Å². The number of nitrogens with one attached hydrogen (secondary N) is 1. The highest BCUT2D eigenvalue weighted by Crippen LogP contribution is 2.35. The summed E-state index contributed by atoms with van der Waals surface area (Å²) in [4.78, 5) is 31.9. The molecule has 146 valence electrons. The zero-order chi connectivity index (χ0) is 19.7. The summed E-state index contributed by atoms with van der Waals surface area (Å²) in [6, 6.07) is 8.41. The molecule has 3 aromatic rings. The number of carbonyl (C=O) groups is 1. The lowest BCUT2D eigenvalue weighted by Gasteiger charge is -2.22. The summed E-state index contributed by atoms with van der Waals surface area (Å²) in [5.74, 6) is -0.112. The molecule has 1 N–H and O–H groups in total. The molecule has 0 bridgehead atoms. The number of fused-ring (bicyclic) bond motifs is 1. The molecule has 4 rings (SSSR count). The highest BCUT2D eigenvalue weighted by molar-refractivity contribution is 7.19. The van der Waals surface area contributed by atoms with E-state index in [0.29, 0.717) is 5.39 Å². The van der Waals surface area contributed by atoms with Gasteiger partial charge in [0.2, 0.25) is 5.91 Å². The highest BCUT2D eigenvalue weighted by Gasteiger charge is 2.19. The number of carbonyl (C=O) groups excluding carboxylic acids is 1. The number of rotatable bonds is 4. The molecule has 2 aromatic heterocycles. The van der Waals surface area contributed by atoms with E-state index in [1.54, 1.807) is 0 Å². The Bertz CT molecular complexity index is 1060. The molecule has 2 heterocycles. The fourth-order valence-electron chi connectivity index (χ4n) is 3.99. The largest absolute Gasteiger partial charge is 0.352 e. The number of benzene rings is 1. The van der Waals surface area contributed by atoms with E-state index in [0.717, 1.165) is 46.5 Å². The average Bonchev–Trinajstić information content (AvgIpc) is 3.02. The zero-order valence-corrected chi connectivity index (χ0v) is 17.1. The molecule has 0 aliphatic heterocycles. The van der Waals surface area contributed by atoms with Crippen molar-refractivity contribution >= 4 is 27.5 Å². The van der Waals surface area contributed by atoms with Crippen molar-refractivity contribution in [3.8, 4) is 11.1 Å². The van der Waals surface area contributed by atoms with E-state index < -0.39 is 0 Å². The first-order valence-corrected chi connectivity index (χ1v) is 10.7. The normalized spacial score (nSPS) is 15.1. The van der Waals surface area contributed by atoms with Crippen molar-refractivity contribution < 1.29 is 4.79 Å². The molecular weight excluding hydrogens is 370 g/mol. The fraction of sp³-hybridized carbons (Fsp3) is 0.409. The van der Waals surface area contributed by atoms with Crippen LogP contribution in [-0.2, 0) is 11.3 Å². The Morgan fingerprint density at radius 2 is 1.89 bits per heavy atom. The number of hydrogen-bond donors (Lipinski definition) is 1. The zero-order valence-electron chi connectivity index (χ0n) is 16.3. The third-order valence-corrected chi connectivity index (χ3v) is 6.49. The maximum Gasteiger partial charge on any atom is 0.263 e. The molecule has 0 saturated heterocycles. The first-order chi connectivity index (χ1) is 13.5. The Morgan fingerprint density at radius 1 is 1.18 bits per heavy atom. The number of amides is 1. The minimum atomic E-state index is -0.149. The number of hydrogen-bond acceptors (Lipinski definition) is 4. The second-order valence-electron chi connectivity index (χ2n) is 7.66. The molecule has 0 atom stereocenters. The van der Waals surface area contributed by atoms with E-state index in [9.17, 15) is 9.59 Å². The van der Waals surface area contributed by atoms with E-state index in [2.05, 4.69) is 10.3 Å². The molecule has 0 unspecified atom stereocenters. The monoisotopic (exact) mass is 395 g/mol. The Kier molecular flexibility index (Phi) is 5.31. The van der Waals surface area contributed by atoms with Gasteiger partial charge >= 0.3 is 0 Å². The Hall–Kier alpha value is -2.47. The predicted octanol–water partition coefficient (Wildman–Crippen LogP) is 4.19. The molecule has 6 heteroatoms. The van der Waals surface area contributed by atoms with Gasteiger partial charge in [0.05, 0.1) is 11.7 Å². The van der Waals surface area contributed by atoms with Gasteiger partial charge in [0, 0.05) is 16.5 Å². The lowest BCUT2D eigenvalue weighted by Crippen LogP contribution is -2.39. The van der Waals surface area contributed by atoms with Crippen molar-refractivity contribution in [3.05, 3.63) is 51.4 Å². The van der Waals surface area contributed by atoms with Gasteiger partial charge in [-0.3, -0.25) is 14.2 Å². The van der Waals surface area contributed by atoms with Crippen LogP contribution in [0.4, 0.5) is 0 Å². The van der Waals surface area contributed by atoms with Gasteiger partial charge in [-0.25, -0.2) is 4.98 Å². The molecule has 0 radical (unpaired) electrons. The molecule has 28 heavy (non-hydrogen) atoms. The van der Waals surface area contributed by atoms with Gasteiger partial charge in [-0.2, -0.15) is 0 Å². The lowest BCUT2D eigenvalue weighted by molar-refractivity contribution is -0.122. The number of nitrogens with zero attached hydrogens (tertiary/aromatic N) is 2. The Balaban J connectivity index is 1.66. The minimum absolute atomic E-state index is 0.0144. The maximum absolute atomic E-state index is 13.2. The third-order valence-electron chi connectivity index (χ3n) is 5.48. The van der Waals surface area contributed by atoms with Gasteiger partial charge in [0.15, 0.2) is 0 Å². The summed E-state index contributed by atoms with van der Waals surface area (Å²) in [6.07, 6.45) is 7.11. The smallest absolute Gasteiger partial charge is 0.263 e. The molecule has 0 spiro atoms. The topological polar surface area (TPSA) is 64.0 Å². The first kappa shape index (κ1) is 18.9. The summed E-state index contributed by atoms with van der Waals surface area (Å²) in [6.45, 7) is 4.07. The summed E-state index contributed by atoms with van der Waals surface area (Å²) in [5.41, 5.74) is 2.97. The number of aromatic nitrogens is 2. The standard InChI is InChI=1S/C22H25N3O2S/c1-14-8-10-16(11-9-14)19-15(2)28-21-20(19)22(27)25(13-23-21)12-18(26)24-17-6-4-3-5-7-17/h8-11,13,17H,3-7,12H2,1-2H3,(H,24,26). The lowest BCUT2D eigenvalue weighted by atomic mass is 9.95. The van der Waals surface area contributed by atoms with Crippen molar-refractivity contribution in [1.82, 2.24) is 14.9 Å². The van der Waals surface area contributed by atoms with E-state index in [1.807, 2.05) is 38.1 Å². The van der Waals surface area contributed by atoms with Crippen LogP contribution in [0.2, 0.25) is 0 Å². The second kappa shape index (κ2) is 7.87. The number of aryl methyl sites for hydroxylation is 2. The predicted molar refractivity (Wildman–Crippen MR) is 114 cm³/mol. The SMILES string of the molecule is Cc1ccc(-c2c(C)sc3ncn(CC(=O)NC4CCCCC4)c(=O)c23)cc1. The molecule has 1 saturated carbocycles. The van der Waals surface area contributed by atoms with Crippen molar-refractivity contribution in [1.29, 1.82) is 0 Å². The minimum Gasteiger partial charge on any atom is -0.352 e. The van der Waals surface area contributed by atoms with Crippen LogP contribution in [0.3, 0.4) is 0 Å². The average molecular weight is 396 g/mol. The maximum atomic E-state index is 13.2. The molecule has 1 aliphatic carbocycles. The van der Waals surface area contributed by atoms with Gasteiger partial charge in [-0.15, -0.1) is 11.3 Å². The summed E-state index contributed by atoms with van der Waals surface area (Å²) >= 11 is 1.52. The van der Waals surface area contributed by atoms with Crippen LogP contribution in [0.1, 0.15) is 42.5 Å². The quantitative estimate of drug-likeness (QED) is 0.720. The Morgan fingerprint density at radius 3 is 2.61 bits per heavy atom. The van der Waals surface area contributed by atoms with Gasteiger partial charge in [-0.1, -0.05) is 49.1 Å². The van der Waals surface area contributed by atoms with Crippen LogP contribution in [-0.4, -0.2) is 21.5 Å². The molecule has 1 fully saturated rings. The summed E-state index contributed by atoms with van der Waals surface area (Å²) in [7, 11) is 0.